The summed E-state index contributed by atoms with van der Waals surface area (Å²) in [5.41, 5.74) is 2.24. The van der Waals surface area contributed by atoms with Crippen LogP contribution in [0.1, 0.15) is 27.4 Å². The molecule has 0 aliphatic carbocycles. The topological polar surface area (TPSA) is 81.3 Å². The summed E-state index contributed by atoms with van der Waals surface area (Å²) in [5.74, 6) is -1.31. The van der Waals surface area contributed by atoms with Crippen LogP contribution < -0.4 is 4.74 Å². The maximum atomic E-state index is 12.7. The Morgan fingerprint density at radius 2 is 2.07 bits per heavy atom. The highest BCUT2D eigenvalue weighted by molar-refractivity contribution is 5.99. The minimum Gasteiger partial charge on any atom is -0.495 e. The van der Waals surface area contributed by atoms with Gasteiger partial charge in [0.2, 0.25) is 5.82 Å². The highest BCUT2D eigenvalue weighted by atomic mass is 19.4. The summed E-state index contributed by atoms with van der Waals surface area (Å²) in [4.78, 5) is 21.8. The largest absolute Gasteiger partial charge is 0.495 e. The molecule has 1 aromatic carbocycles. The SMILES string of the molecule is COc1cncc(CN2Cc3ccc(-c4noc(C(F)(F)F)n4)cc3C2=O)c1. The molecule has 28 heavy (non-hydrogen) atoms. The van der Waals surface area contributed by atoms with E-state index in [9.17, 15) is 18.0 Å². The van der Waals surface area contributed by atoms with Gasteiger partial charge in [-0.05, 0) is 23.3 Å². The molecule has 4 rings (SSSR count). The normalized spacial score (nSPS) is 13.7. The average molecular weight is 390 g/mol. The first kappa shape index (κ1) is 18.0. The first-order valence-corrected chi connectivity index (χ1v) is 8.16. The van der Waals surface area contributed by atoms with Crippen LogP contribution in [0.5, 0.6) is 5.75 Å². The highest BCUT2D eigenvalue weighted by Crippen LogP contribution is 2.32. The second kappa shape index (κ2) is 6.63. The van der Waals surface area contributed by atoms with E-state index in [4.69, 9.17) is 4.74 Å². The molecule has 0 unspecified atom stereocenters. The van der Waals surface area contributed by atoms with E-state index in [1.165, 1.54) is 13.2 Å². The van der Waals surface area contributed by atoms with Crippen LogP contribution in [0.2, 0.25) is 0 Å². The van der Waals surface area contributed by atoms with Gasteiger partial charge in [0.05, 0.1) is 13.3 Å². The number of nitrogens with zero attached hydrogens (tertiary/aromatic N) is 4. The molecule has 1 aliphatic rings. The third-order valence-corrected chi connectivity index (χ3v) is 4.29. The van der Waals surface area contributed by atoms with E-state index in [1.807, 2.05) is 0 Å². The van der Waals surface area contributed by atoms with Crippen LogP contribution in [-0.4, -0.2) is 33.0 Å². The molecule has 0 saturated heterocycles. The quantitative estimate of drug-likeness (QED) is 0.680. The van der Waals surface area contributed by atoms with Gasteiger partial charge >= 0.3 is 12.1 Å². The molecule has 0 bridgehead atoms. The molecule has 1 aliphatic heterocycles. The van der Waals surface area contributed by atoms with E-state index >= 15 is 0 Å². The fraction of sp³-hybridized carbons (Fsp3) is 0.222. The van der Waals surface area contributed by atoms with Gasteiger partial charge < -0.3 is 14.2 Å². The van der Waals surface area contributed by atoms with Crippen LogP contribution in [0.3, 0.4) is 0 Å². The number of aromatic nitrogens is 3. The Kier molecular flexibility index (Phi) is 4.25. The lowest BCUT2D eigenvalue weighted by atomic mass is 10.1. The van der Waals surface area contributed by atoms with Crippen LogP contribution in [0.15, 0.2) is 41.2 Å². The Balaban J connectivity index is 1.57. The summed E-state index contributed by atoms with van der Waals surface area (Å²) in [6, 6.07) is 6.50. The summed E-state index contributed by atoms with van der Waals surface area (Å²) < 4.78 is 47.3. The lowest BCUT2D eigenvalue weighted by molar-refractivity contribution is -0.159. The lowest BCUT2D eigenvalue weighted by Gasteiger charge is -2.15. The van der Waals surface area contributed by atoms with Gasteiger partial charge in [0.1, 0.15) is 5.75 Å². The number of benzene rings is 1. The van der Waals surface area contributed by atoms with Crippen molar-refractivity contribution in [2.45, 2.75) is 19.3 Å². The van der Waals surface area contributed by atoms with Gasteiger partial charge in [0.25, 0.3) is 5.91 Å². The molecule has 3 heterocycles. The Morgan fingerprint density at radius 1 is 1.25 bits per heavy atom. The number of methoxy groups -OCH3 is 1. The van der Waals surface area contributed by atoms with Crippen molar-refractivity contribution >= 4 is 5.91 Å². The van der Waals surface area contributed by atoms with Crippen LogP contribution in [-0.2, 0) is 19.3 Å². The molecule has 0 radical (unpaired) electrons. The number of carbonyl (C=O) groups excluding carboxylic acids is 1. The van der Waals surface area contributed by atoms with Crippen LogP contribution in [0, 0.1) is 0 Å². The third-order valence-electron chi connectivity index (χ3n) is 4.29. The van der Waals surface area contributed by atoms with Crippen molar-refractivity contribution in [1.29, 1.82) is 0 Å². The summed E-state index contributed by atoms with van der Waals surface area (Å²) in [7, 11) is 1.53. The van der Waals surface area contributed by atoms with Gasteiger partial charge in [-0.25, -0.2) is 0 Å². The number of fused-ring (bicyclic) bond motifs is 1. The van der Waals surface area contributed by atoms with Crippen molar-refractivity contribution in [2.75, 3.05) is 7.11 Å². The molecule has 0 N–H and O–H groups in total. The first-order valence-electron chi connectivity index (χ1n) is 8.16. The Bertz CT molecular complexity index is 1050. The summed E-state index contributed by atoms with van der Waals surface area (Å²) in [6.45, 7) is 0.708. The van der Waals surface area contributed by atoms with E-state index in [-0.39, 0.29) is 17.3 Å². The molecule has 0 fully saturated rings. The predicted octanol–water partition coefficient (Wildman–Crippen LogP) is 3.32. The zero-order chi connectivity index (χ0) is 19.9. The van der Waals surface area contributed by atoms with Gasteiger partial charge in [-0.2, -0.15) is 18.2 Å². The number of pyridine rings is 1. The number of hydrogen-bond acceptors (Lipinski definition) is 6. The second-order valence-corrected chi connectivity index (χ2v) is 6.19. The van der Waals surface area contributed by atoms with Crippen molar-refractivity contribution in [3.8, 4) is 17.1 Å². The average Bonchev–Trinajstić information content (AvgIpc) is 3.28. The van der Waals surface area contributed by atoms with Crippen molar-refractivity contribution in [3.63, 3.8) is 0 Å². The van der Waals surface area contributed by atoms with Gasteiger partial charge in [-0.15, -0.1) is 0 Å². The van der Waals surface area contributed by atoms with Crippen molar-refractivity contribution < 1.29 is 27.2 Å². The van der Waals surface area contributed by atoms with Gasteiger partial charge in [-0.1, -0.05) is 17.3 Å². The van der Waals surface area contributed by atoms with E-state index in [1.54, 1.807) is 35.5 Å². The maximum absolute atomic E-state index is 12.7. The molecule has 0 saturated carbocycles. The summed E-state index contributed by atoms with van der Waals surface area (Å²) >= 11 is 0. The number of hydrogen-bond donors (Lipinski definition) is 0. The monoisotopic (exact) mass is 390 g/mol. The molecule has 1 amide bonds. The zero-order valence-electron chi connectivity index (χ0n) is 14.5. The van der Waals surface area contributed by atoms with Crippen molar-refractivity contribution in [3.05, 3.63) is 59.2 Å². The Labute approximate surface area is 156 Å². The number of carbonyl (C=O) groups is 1. The predicted molar refractivity (Wildman–Crippen MR) is 89.1 cm³/mol. The fourth-order valence-corrected chi connectivity index (χ4v) is 2.97. The highest BCUT2D eigenvalue weighted by Gasteiger charge is 2.38. The standard InChI is InChI=1S/C18H13F3N4O3/c1-27-13-4-10(6-22-7-13)8-25-9-12-3-2-11(5-14(12)16(25)26)15-23-17(28-24-15)18(19,20)21/h2-7H,8-9H2,1H3. The van der Waals surface area contributed by atoms with Gasteiger partial charge in [0, 0.05) is 30.4 Å². The maximum Gasteiger partial charge on any atom is 0.471 e. The number of alkyl halides is 3. The summed E-state index contributed by atoms with van der Waals surface area (Å²) in [6.07, 6.45) is -1.52. The van der Waals surface area contributed by atoms with E-state index in [2.05, 4.69) is 19.6 Å². The zero-order valence-corrected chi connectivity index (χ0v) is 14.5. The molecular weight excluding hydrogens is 377 g/mol. The smallest absolute Gasteiger partial charge is 0.471 e. The van der Waals surface area contributed by atoms with E-state index in [0.29, 0.717) is 24.4 Å². The first-order chi connectivity index (χ1) is 13.3. The molecule has 3 aromatic rings. The number of halogens is 3. The minimum absolute atomic E-state index is 0.224. The number of rotatable bonds is 4. The van der Waals surface area contributed by atoms with Gasteiger partial charge in [0.15, 0.2) is 0 Å². The van der Waals surface area contributed by atoms with Crippen molar-refractivity contribution in [2.24, 2.45) is 0 Å². The molecule has 0 spiro atoms. The Morgan fingerprint density at radius 3 is 2.79 bits per heavy atom. The van der Waals surface area contributed by atoms with Crippen molar-refractivity contribution in [1.82, 2.24) is 20.0 Å². The number of amides is 1. The minimum atomic E-state index is -4.72. The molecule has 0 atom stereocenters. The Hall–Kier alpha value is -3.43. The molecule has 144 valence electrons. The number of ether oxygens (including phenoxy) is 1. The molecule has 2 aromatic heterocycles. The van der Waals surface area contributed by atoms with Crippen LogP contribution >= 0.6 is 0 Å². The van der Waals surface area contributed by atoms with Crippen LogP contribution in [0.4, 0.5) is 13.2 Å². The second-order valence-electron chi connectivity index (χ2n) is 6.19. The molecular formula is C18H13F3N4O3. The molecule has 7 nitrogen and oxygen atoms in total. The van der Waals surface area contributed by atoms with Gasteiger partial charge in [-0.3, -0.25) is 9.78 Å². The van der Waals surface area contributed by atoms with E-state index in [0.717, 1.165) is 11.1 Å². The van der Waals surface area contributed by atoms with E-state index < -0.39 is 12.1 Å². The lowest BCUT2D eigenvalue weighted by Crippen LogP contribution is -2.23. The van der Waals surface area contributed by atoms with Crippen LogP contribution in [0.25, 0.3) is 11.4 Å². The fourth-order valence-electron chi connectivity index (χ4n) is 2.97. The molecule has 10 heteroatoms. The summed E-state index contributed by atoms with van der Waals surface area (Å²) in [5, 5.41) is 3.36. The third kappa shape index (κ3) is 3.28.